The maximum Gasteiger partial charge on any atom is 0.360 e. The lowest BCUT2D eigenvalue weighted by molar-refractivity contribution is 0.0473. The zero-order valence-electron chi connectivity index (χ0n) is 7.37. The van der Waals surface area contributed by atoms with Crippen LogP contribution >= 0.6 is 15.9 Å². The van der Waals surface area contributed by atoms with E-state index in [1.54, 1.807) is 0 Å². The van der Waals surface area contributed by atoms with Crippen LogP contribution in [0, 0.1) is 0 Å². The Labute approximate surface area is 84.0 Å². The average Bonchev–Trinajstić information content (AvgIpc) is 2.50. The number of alkyl halides is 1. The summed E-state index contributed by atoms with van der Waals surface area (Å²) in [5.41, 5.74) is 0.191. The number of aromatic nitrogens is 3. The normalized spacial score (nSPS) is 11.3. The number of nitrogens with zero attached hydrogens (tertiary/aromatic N) is 2. The Morgan fingerprint density at radius 1 is 1.77 bits per heavy atom. The molecule has 0 amide bonds. The molecule has 0 saturated carbocycles. The SMILES string of the molecule is CC(C)(Br)COC(=O)c1cn[nH]n1. The molecule has 1 rings (SSSR count). The molecule has 0 aliphatic carbocycles. The maximum absolute atomic E-state index is 11.2. The Hall–Kier alpha value is -0.910. The smallest absolute Gasteiger partial charge is 0.360 e. The van der Waals surface area contributed by atoms with Gasteiger partial charge in [-0.3, -0.25) is 0 Å². The highest BCUT2D eigenvalue weighted by Crippen LogP contribution is 2.16. The molecule has 0 atom stereocenters. The predicted molar refractivity (Wildman–Crippen MR) is 49.7 cm³/mol. The highest BCUT2D eigenvalue weighted by atomic mass is 79.9. The number of halogens is 1. The van der Waals surface area contributed by atoms with E-state index in [4.69, 9.17) is 4.74 Å². The second-order valence-electron chi connectivity index (χ2n) is 3.15. The molecule has 0 aliphatic heterocycles. The molecule has 0 unspecified atom stereocenters. The van der Waals surface area contributed by atoms with Gasteiger partial charge in [0.15, 0.2) is 5.69 Å². The van der Waals surface area contributed by atoms with Crippen LogP contribution in [0.1, 0.15) is 24.3 Å². The van der Waals surface area contributed by atoms with Gasteiger partial charge in [0, 0.05) is 0 Å². The van der Waals surface area contributed by atoms with Gasteiger partial charge in [-0.05, 0) is 13.8 Å². The van der Waals surface area contributed by atoms with Gasteiger partial charge in [-0.25, -0.2) is 4.79 Å². The Bertz CT molecular complexity index is 278. The topological polar surface area (TPSA) is 67.9 Å². The lowest BCUT2D eigenvalue weighted by Crippen LogP contribution is -2.21. The Morgan fingerprint density at radius 2 is 2.46 bits per heavy atom. The van der Waals surface area contributed by atoms with Crippen molar-refractivity contribution in [2.75, 3.05) is 6.61 Å². The van der Waals surface area contributed by atoms with E-state index in [0.717, 1.165) is 0 Å². The van der Waals surface area contributed by atoms with Gasteiger partial charge < -0.3 is 4.74 Å². The van der Waals surface area contributed by atoms with Crippen LogP contribution in [0.5, 0.6) is 0 Å². The summed E-state index contributed by atoms with van der Waals surface area (Å²) in [4.78, 5) is 11.2. The van der Waals surface area contributed by atoms with Crippen molar-refractivity contribution in [3.8, 4) is 0 Å². The second kappa shape index (κ2) is 3.87. The number of esters is 1. The third-order valence-electron chi connectivity index (χ3n) is 1.17. The van der Waals surface area contributed by atoms with Gasteiger partial charge in [-0.15, -0.1) is 5.10 Å². The summed E-state index contributed by atoms with van der Waals surface area (Å²) < 4.78 is 4.73. The fourth-order valence-corrected chi connectivity index (χ4v) is 0.726. The van der Waals surface area contributed by atoms with Crippen LogP contribution in [0.25, 0.3) is 0 Å². The van der Waals surface area contributed by atoms with E-state index >= 15 is 0 Å². The highest BCUT2D eigenvalue weighted by Gasteiger charge is 2.17. The zero-order valence-corrected chi connectivity index (χ0v) is 8.96. The number of carbonyl (C=O) groups excluding carboxylic acids is 1. The minimum Gasteiger partial charge on any atom is -0.459 e. The van der Waals surface area contributed by atoms with E-state index in [-0.39, 0.29) is 10.0 Å². The summed E-state index contributed by atoms with van der Waals surface area (Å²) in [6.45, 7) is 4.10. The quantitative estimate of drug-likeness (QED) is 0.643. The summed E-state index contributed by atoms with van der Waals surface area (Å²) in [7, 11) is 0. The van der Waals surface area contributed by atoms with E-state index < -0.39 is 5.97 Å². The molecule has 13 heavy (non-hydrogen) atoms. The van der Waals surface area contributed by atoms with Crippen molar-refractivity contribution in [1.82, 2.24) is 15.4 Å². The maximum atomic E-state index is 11.2. The van der Waals surface area contributed by atoms with Crippen molar-refractivity contribution < 1.29 is 9.53 Å². The van der Waals surface area contributed by atoms with Crippen LogP contribution in [0.15, 0.2) is 6.20 Å². The van der Waals surface area contributed by atoms with E-state index in [0.29, 0.717) is 6.61 Å². The first-order valence-electron chi connectivity index (χ1n) is 3.71. The molecule has 1 N–H and O–H groups in total. The molecular formula is C7H10BrN3O2. The van der Waals surface area contributed by atoms with E-state index in [9.17, 15) is 4.79 Å². The van der Waals surface area contributed by atoms with Crippen LogP contribution in [0.4, 0.5) is 0 Å². The molecule has 0 saturated heterocycles. The van der Waals surface area contributed by atoms with Gasteiger partial charge in [0.25, 0.3) is 0 Å². The van der Waals surface area contributed by atoms with Gasteiger partial charge in [-0.1, -0.05) is 15.9 Å². The third kappa shape index (κ3) is 3.54. The van der Waals surface area contributed by atoms with Gasteiger partial charge in [0.2, 0.25) is 0 Å². The molecule has 0 spiro atoms. The standard InChI is InChI=1S/C7H10BrN3O2/c1-7(2,8)4-13-6(12)5-3-9-11-10-5/h3H,4H2,1-2H3,(H,9,10,11). The lowest BCUT2D eigenvalue weighted by atomic mass is 10.2. The van der Waals surface area contributed by atoms with E-state index in [1.165, 1.54) is 6.20 Å². The molecule has 0 radical (unpaired) electrons. The Kier molecular flexibility index (Phi) is 3.02. The number of aromatic amines is 1. The first-order valence-corrected chi connectivity index (χ1v) is 4.50. The van der Waals surface area contributed by atoms with Crippen molar-refractivity contribution in [3.63, 3.8) is 0 Å². The van der Waals surface area contributed by atoms with Gasteiger partial charge in [0.1, 0.15) is 6.61 Å². The second-order valence-corrected chi connectivity index (χ2v) is 5.30. The Balaban J connectivity index is 2.44. The highest BCUT2D eigenvalue weighted by molar-refractivity contribution is 9.10. The molecule has 0 fully saturated rings. The third-order valence-corrected chi connectivity index (χ3v) is 1.40. The molecule has 0 aromatic carbocycles. The molecule has 1 aromatic rings. The van der Waals surface area contributed by atoms with Crippen LogP contribution in [-0.4, -0.2) is 32.3 Å². The van der Waals surface area contributed by atoms with Crippen LogP contribution < -0.4 is 0 Å². The monoisotopic (exact) mass is 247 g/mol. The zero-order chi connectivity index (χ0) is 9.90. The number of carbonyl (C=O) groups is 1. The molecule has 1 heterocycles. The number of H-pyrrole nitrogens is 1. The Morgan fingerprint density at radius 3 is 2.92 bits per heavy atom. The van der Waals surface area contributed by atoms with Crippen molar-refractivity contribution in [1.29, 1.82) is 0 Å². The lowest BCUT2D eigenvalue weighted by Gasteiger charge is -2.14. The van der Waals surface area contributed by atoms with Crippen LogP contribution in [-0.2, 0) is 4.74 Å². The average molecular weight is 248 g/mol. The van der Waals surface area contributed by atoms with Crippen molar-refractivity contribution >= 4 is 21.9 Å². The molecular weight excluding hydrogens is 238 g/mol. The first kappa shape index (κ1) is 10.2. The largest absolute Gasteiger partial charge is 0.459 e. The van der Waals surface area contributed by atoms with E-state index in [2.05, 4.69) is 31.3 Å². The summed E-state index contributed by atoms with van der Waals surface area (Å²) >= 11 is 3.35. The molecule has 1 aromatic heterocycles. The number of hydrogen-bond acceptors (Lipinski definition) is 4. The van der Waals surface area contributed by atoms with Crippen molar-refractivity contribution in [3.05, 3.63) is 11.9 Å². The summed E-state index contributed by atoms with van der Waals surface area (Å²) in [5.74, 6) is -0.471. The number of ether oxygens (including phenoxy) is 1. The minimum atomic E-state index is -0.471. The van der Waals surface area contributed by atoms with Crippen molar-refractivity contribution in [2.24, 2.45) is 0 Å². The summed E-state index contributed by atoms with van der Waals surface area (Å²) in [6.07, 6.45) is 1.32. The van der Waals surface area contributed by atoms with Gasteiger partial charge in [-0.2, -0.15) is 10.3 Å². The summed E-state index contributed by atoms with van der Waals surface area (Å²) in [6, 6.07) is 0. The summed E-state index contributed by atoms with van der Waals surface area (Å²) in [5, 5.41) is 9.43. The molecule has 6 heteroatoms. The number of nitrogens with one attached hydrogen (secondary N) is 1. The van der Waals surface area contributed by atoms with Crippen LogP contribution in [0.2, 0.25) is 0 Å². The molecule has 72 valence electrons. The molecule has 0 bridgehead atoms. The van der Waals surface area contributed by atoms with Gasteiger partial charge >= 0.3 is 5.97 Å². The van der Waals surface area contributed by atoms with Gasteiger partial charge in [0.05, 0.1) is 10.5 Å². The molecule has 0 aliphatic rings. The minimum absolute atomic E-state index is 0.191. The number of rotatable bonds is 3. The first-order chi connectivity index (χ1) is 5.99. The van der Waals surface area contributed by atoms with Crippen molar-refractivity contribution in [2.45, 2.75) is 18.2 Å². The predicted octanol–water partition coefficient (Wildman–Crippen LogP) is 1.14. The fraction of sp³-hybridized carbons (Fsp3) is 0.571. The van der Waals surface area contributed by atoms with Crippen LogP contribution in [0.3, 0.4) is 0 Å². The number of hydrogen-bond donors (Lipinski definition) is 1. The molecule has 5 nitrogen and oxygen atoms in total. The van der Waals surface area contributed by atoms with E-state index in [1.807, 2.05) is 13.8 Å². The fourth-order valence-electron chi connectivity index (χ4n) is 0.611.